The molecule has 2 N–H and O–H groups in total. The molecule has 0 saturated carbocycles. The molecule has 2 saturated heterocycles. The maximum absolute atomic E-state index is 9.95. The second-order valence-corrected chi connectivity index (χ2v) is 8.09. The molecule has 0 bridgehead atoms. The number of nitrogens with zero attached hydrogens (tertiary/aromatic N) is 2. The Bertz CT molecular complexity index is 619. The van der Waals surface area contributed by atoms with Crippen molar-refractivity contribution in [2.75, 3.05) is 27.2 Å². The number of aliphatic hydroxyl groups excluding tert-OH is 2. The Morgan fingerprint density at radius 1 is 0.655 bits per heavy atom. The van der Waals surface area contributed by atoms with Crippen molar-refractivity contribution in [1.82, 2.24) is 9.80 Å². The number of benzene rings is 2. The first kappa shape index (κ1) is 25.0. The Morgan fingerprint density at radius 3 is 1.31 bits per heavy atom. The number of aliphatic hydroxyl groups is 2. The molecule has 0 amide bonds. The van der Waals surface area contributed by atoms with Crippen molar-refractivity contribution in [3.05, 3.63) is 71.8 Å². The molecule has 4 nitrogen and oxygen atoms in total. The van der Waals surface area contributed by atoms with E-state index in [1.807, 2.05) is 36.4 Å². The minimum Gasteiger partial charge on any atom is -0.391 e. The normalized spacial score (nSPS) is 28.0. The summed E-state index contributed by atoms with van der Waals surface area (Å²) in [5, 5.41) is 19.9. The van der Waals surface area contributed by atoms with Gasteiger partial charge < -0.3 is 10.2 Å². The fourth-order valence-electron chi connectivity index (χ4n) is 4.53. The Morgan fingerprint density at radius 2 is 1.00 bits per heavy atom. The van der Waals surface area contributed by atoms with Gasteiger partial charge in [-0.05, 0) is 64.0 Å². The molecule has 29 heavy (non-hydrogen) atoms. The van der Waals surface area contributed by atoms with Crippen molar-refractivity contribution < 1.29 is 54.3 Å². The predicted molar refractivity (Wildman–Crippen MR) is 114 cm³/mol. The summed E-state index contributed by atoms with van der Waals surface area (Å²) in [6.07, 6.45) is 3.61. The van der Waals surface area contributed by atoms with Gasteiger partial charge in [-0.15, -0.1) is 0 Å². The molecule has 2 aliphatic heterocycles. The van der Waals surface area contributed by atoms with Gasteiger partial charge in [0.05, 0.1) is 24.3 Å². The van der Waals surface area contributed by atoms with Crippen molar-refractivity contribution in [3.8, 4) is 0 Å². The van der Waals surface area contributed by atoms with Crippen LogP contribution in [-0.4, -0.2) is 59.4 Å². The third-order valence-corrected chi connectivity index (χ3v) is 5.98. The number of piperidine rings is 2. The van der Waals surface area contributed by atoms with E-state index in [-0.39, 0.29) is 68.4 Å². The van der Waals surface area contributed by atoms with Crippen molar-refractivity contribution in [2.24, 2.45) is 0 Å². The minimum absolute atomic E-state index is 0. The SMILES string of the molecule is CN1CCCC(O)C1c1ccccc1.CN1CCCC(O)C1c1ccccc1.[Ac]. The van der Waals surface area contributed by atoms with Crippen LogP contribution in [0.1, 0.15) is 48.9 Å². The molecule has 2 aromatic carbocycles. The van der Waals surface area contributed by atoms with Crippen LogP contribution < -0.4 is 0 Å². The van der Waals surface area contributed by atoms with E-state index in [2.05, 4.69) is 48.2 Å². The summed E-state index contributed by atoms with van der Waals surface area (Å²) in [5.41, 5.74) is 2.45. The topological polar surface area (TPSA) is 46.9 Å². The molecule has 4 unspecified atom stereocenters. The zero-order valence-corrected chi connectivity index (χ0v) is 22.4. The smallest absolute Gasteiger partial charge is 0.0737 e. The van der Waals surface area contributed by atoms with Gasteiger partial charge in [-0.1, -0.05) is 60.7 Å². The second kappa shape index (κ2) is 12.5. The van der Waals surface area contributed by atoms with Crippen LogP contribution in [0.4, 0.5) is 0 Å². The van der Waals surface area contributed by atoms with Crippen molar-refractivity contribution in [2.45, 2.75) is 50.0 Å². The molecule has 1 radical (unpaired) electrons. The van der Waals surface area contributed by atoms with Gasteiger partial charge in [0.2, 0.25) is 0 Å². The van der Waals surface area contributed by atoms with E-state index >= 15 is 0 Å². The average molecular weight is 610 g/mol. The van der Waals surface area contributed by atoms with Crippen LogP contribution in [0.3, 0.4) is 0 Å². The molecular weight excluding hydrogens is 575 g/mol. The average Bonchev–Trinajstić information content (AvgIpc) is 2.70. The summed E-state index contributed by atoms with van der Waals surface area (Å²) in [6.45, 7) is 2.16. The molecule has 0 aliphatic carbocycles. The quantitative estimate of drug-likeness (QED) is 0.547. The van der Waals surface area contributed by atoms with E-state index in [4.69, 9.17) is 0 Å². The summed E-state index contributed by atoms with van der Waals surface area (Å²) < 4.78 is 0. The second-order valence-electron chi connectivity index (χ2n) is 8.09. The number of hydrogen-bond acceptors (Lipinski definition) is 4. The molecule has 155 valence electrons. The van der Waals surface area contributed by atoms with E-state index < -0.39 is 0 Å². The number of rotatable bonds is 2. The van der Waals surface area contributed by atoms with E-state index in [0.717, 1.165) is 38.8 Å². The summed E-state index contributed by atoms with van der Waals surface area (Å²) in [5.74, 6) is 0. The van der Waals surface area contributed by atoms with Crippen LogP contribution in [0.2, 0.25) is 0 Å². The van der Waals surface area contributed by atoms with Crippen molar-refractivity contribution in [3.63, 3.8) is 0 Å². The van der Waals surface area contributed by atoms with E-state index in [0.29, 0.717) is 0 Å². The van der Waals surface area contributed by atoms with Crippen LogP contribution in [-0.2, 0) is 0 Å². The van der Waals surface area contributed by atoms with Crippen LogP contribution in [0.25, 0.3) is 0 Å². The molecule has 0 spiro atoms. The van der Waals surface area contributed by atoms with Gasteiger partial charge >= 0.3 is 0 Å². The first-order valence-corrected chi connectivity index (χ1v) is 10.4. The van der Waals surface area contributed by atoms with Crippen LogP contribution in [0.5, 0.6) is 0 Å². The van der Waals surface area contributed by atoms with E-state index in [1.54, 1.807) is 0 Å². The Labute approximate surface area is 211 Å². The van der Waals surface area contributed by atoms with Gasteiger partial charge in [0, 0.05) is 44.1 Å². The van der Waals surface area contributed by atoms with Gasteiger partial charge in [0.15, 0.2) is 0 Å². The van der Waals surface area contributed by atoms with Gasteiger partial charge in [0.1, 0.15) is 0 Å². The molecule has 2 aromatic rings. The van der Waals surface area contributed by atoms with Crippen LogP contribution in [0, 0.1) is 44.1 Å². The van der Waals surface area contributed by atoms with Crippen LogP contribution in [0.15, 0.2) is 60.7 Å². The van der Waals surface area contributed by atoms with Crippen molar-refractivity contribution in [1.29, 1.82) is 0 Å². The minimum atomic E-state index is -0.212. The van der Waals surface area contributed by atoms with Gasteiger partial charge in [-0.3, -0.25) is 9.80 Å². The fraction of sp³-hybridized carbons (Fsp3) is 0.500. The summed E-state index contributed by atoms with van der Waals surface area (Å²) in [7, 11) is 4.17. The van der Waals surface area contributed by atoms with Gasteiger partial charge in [-0.2, -0.15) is 0 Å². The first-order valence-electron chi connectivity index (χ1n) is 10.4. The largest absolute Gasteiger partial charge is 0.391 e. The first-order chi connectivity index (χ1) is 13.6. The summed E-state index contributed by atoms with van der Waals surface area (Å²) >= 11 is 0. The third-order valence-electron chi connectivity index (χ3n) is 5.98. The van der Waals surface area contributed by atoms with Gasteiger partial charge in [-0.25, -0.2) is 0 Å². The van der Waals surface area contributed by atoms with E-state index in [1.165, 1.54) is 11.1 Å². The molecular formula is C24H34AcN2O2. The monoisotopic (exact) mass is 609 g/mol. The van der Waals surface area contributed by atoms with Gasteiger partial charge in [0.25, 0.3) is 0 Å². The Kier molecular flexibility index (Phi) is 10.8. The molecule has 4 rings (SSSR count). The standard InChI is InChI=1S/2C12H17NO.Ac/c2*1-13-9-5-8-11(14)12(13)10-6-3-2-4-7-10;/h2*2-4,6-7,11-12,14H,5,8-9H2,1H3;. The number of likely N-dealkylation sites (tertiary alicyclic amines) is 2. The number of hydrogen-bond donors (Lipinski definition) is 2. The fourth-order valence-corrected chi connectivity index (χ4v) is 4.53. The maximum atomic E-state index is 9.95. The number of likely N-dealkylation sites (N-methyl/N-ethyl adjacent to an activating group) is 2. The summed E-state index contributed by atoms with van der Waals surface area (Å²) in [4.78, 5) is 4.48. The maximum Gasteiger partial charge on any atom is 0.0737 e. The van der Waals surface area contributed by atoms with Crippen molar-refractivity contribution >= 4 is 0 Å². The third kappa shape index (κ3) is 6.86. The zero-order chi connectivity index (χ0) is 19.9. The van der Waals surface area contributed by atoms with Crippen LogP contribution >= 0.6 is 0 Å². The Balaban J connectivity index is 0.000000200. The molecule has 2 heterocycles. The zero-order valence-electron chi connectivity index (χ0n) is 17.7. The summed E-state index contributed by atoms with van der Waals surface area (Å²) in [6, 6.07) is 20.9. The van der Waals surface area contributed by atoms with E-state index in [9.17, 15) is 10.2 Å². The molecule has 0 aromatic heterocycles. The predicted octanol–water partition coefficient (Wildman–Crippen LogP) is 3.63. The molecule has 5 heteroatoms. The Hall–Kier alpha value is -0.278. The molecule has 2 fully saturated rings. The molecule has 4 atom stereocenters. The molecule has 2 aliphatic rings.